The van der Waals surface area contributed by atoms with Gasteiger partial charge in [-0.2, -0.15) is 0 Å². The summed E-state index contributed by atoms with van der Waals surface area (Å²) in [5.74, 6) is -0.207. The summed E-state index contributed by atoms with van der Waals surface area (Å²) in [4.78, 5) is 13.5. The monoisotopic (exact) mass is 206 g/mol. The van der Waals surface area contributed by atoms with Gasteiger partial charge in [-0.1, -0.05) is 12.1 Å². The van der Waals surface area contributed by atoms with Gasteiger partial charge in [0.2, 0.25) is 5.91 Å². The van der Waals surface area contributed by atoms with Crippen LogP contribution in [0.1, 0.15) is 5.56 Å². The number of halogens is 1. The van der Waals surface area contributed by atoms with Crippen molar-refractivity contribution < 1.29 is 9.18 Å². The van der Waals surface area contributed by atoms with Crippen LogP contribution in [-0.4, -0.2) is 25.0 Å². The summed E-state index contributed by atoms with van der Waals surface area (Å²) in [6.45, 7) is 1.30. The van der Waals surface area contributed by atoms with Gasteiger partial charge in [-0.15, -0.1) is 0 Å². The molecular formula is C11H11FN2O. The summed E-state index contributed by atoms with van der Waals surface area (Å²) in [6, 6.07) is 4.84. The Morgan fingerprint density at radius 2 is 2.33 bits per heavy atom. The first kappa shape index (κ1) is 8.71. The van der Waals surface area contributed by atoms with E-state index >= 15 is 0 Å². The van der Waals surface area contributed by atoms with Crippen LogP contribution in [0.5, 0.6) is 0 Å². The maximum atomic E-state index is 13.6. The molecule has 0 saturated carbocycles. The fraction of sp³-hybridized carbons (Fsp3) is 0.364. The van der Waals surface area contributed by atoms with Gasteiger partial charge < -0.3 is 10.2 Å². The SMILES string of the molecule is O=C1NCCN2c3c(F)cccc3CC12. The van der Waals surface area contributed by atoms with Crippen molar-refractivity contribution >= 4 is 11.6 Å². The minimum atomic E-state index is -0.218. The molecule has 0 radical (unpaired) electrons. The van der Waals surface area contributed by atoms with E-state index in [0.717, 1.165) is 5.56 Å². The Kier molecular flexibility index (Phi) is 1.71. The molecule has 3 nitrogen and oxygen atoms in total. The molecule has 78 valence electrons. The summed E-state index contributed by atoms with van der Waals surface area (Å²) in [5.41, 5.74) is 1.56. The number of piperazine rings is 1. The highest BCUT2D eigenvalue weighted by Crippen LogP contribution is 2.35. The van der Waals surface area contributed by atoms with E-state index in [1.54, 1.807) is 6.07 Å². The molecule has 2 aliphatic rings. The van der Waals surface area contributed by atoms with E-state index < -0.39 is 0 Å². The Labute approximate surface area is 86.9 Å². The average Bonchev–Trinajstić information content (AvgIpc) is 2.59. The van der Waals surface area contributed by atoms with Crippen molar-refractivity contribution in [1.82, 2.24) is 5.32 Å². The second-order valence-corrected chi connectivity index (χ2v) is 3.95. The number of carbonyl (C=O) groups excluding carboxylic acids is 1. The molecule has 2 aliphatic heterocycles. The number of nitrogens with one attached hydrogen (secondary N) is 1. The van der Waals surface area contributed by atoms with Crippen molar-refractivity contribution in [1.29, 1.82) is 0 Å². The third-order valence-electron chi connectivity index (χ3n) is 3.10. The van der Waals surface area contributed by atoms with Crippen LogP contribution in [0.2, 0.25) is 0 Å². The fourth-order valence-electron chi connectivity index (χ4n) is 2.44. The largest absolute Gasteiger partial charge is 0.355 e. The Bertz CT molecular complexity index is 433. The Balaban J connectivity index is 2.09. The third-order valence-corrected chi connectivity index (χ3v) is 3.10. The minimum absolute atomic E-state index is 0.0110. The standard InChI is InChI=1S/C11H11FN2O/c12-8-3-1-2-7-6-9-11(15)13-4-5-14(9)10(7)8/h1-3,9H,4-6H2,(H,13,15). The van der Waals surface area contributed by atoms with E-state index in [4.69, 9.17) is 0 Å². The lowest BCUT2D eigenvalue weighted by Gasteiger charge is -2.31. The Morgan fingerprint density at radius 3 is 3.20 bits per heavy atom. The molecular weight excluding hydrogens is 195 g/mol. The lowest BCUT2D eigenvalue weighted by molar-refractivity contribution is -0.123. The van der Waals surface area contributed by atoms with E-state index in [2.05, 4.69) is 5.32 Å². The van der Waals surface area contributed by atoms with Crippen LogP contribution in [-0.2, 0) is 11.2 Å². The second kappa shape index (κ2) is 2.95. The first-order chi connectivity index (χ1) is 7.27. The molecule has 1 atom stereocenters. The van der Waals surface area contributed by atoms with E-state index in [0.29, 0.717) is 25.2 Å². The maximum Gasteiger partial charge on any atom is 0.243 e. The zero-order valence-corrected chi connectivity index (χ0v) is 8.16. The number of anilines is 1. The quantitative estimate of drug-likeness (QED) is 0.677. The number of fused-ring (bicyclic) bond motifs is 3. The predicted molar refractivity (Wildman–Crippen MR) is 54.2 cm³/mol. The molecule has 1 amide bonds. The third kappa shape index (κ3) is 1.14. The summed E-state index contributed by atoms with van der Waals surface area (Å²) < 4.78 is 13.6. The van der Waals surface area contributed by atoms with Gasteiger partial charge in [0.15, 0.2) is 0 Å². The topological polar surface area (TPSA) is 32.3 Å². The molecule has 1 aromatic rings. The van der Waals surface area contributed by atoms with Crippen molar-refractivity contribution in [3.8, 4) is 0 Å². The van der Waals surface area contributed by atoms with Crippen LogP contribution in [0, 0.1) is 5.82 Å². The fourth-order valence-corrected chi connectivity index (χ4v) is 2.44. The zero-order chi connectivity index (χ0) is 10.4. The molecule has 0 spiro atoms. The Hall–Kier alpha value is -1.58. The van der Waals surface area contributed by atoms with E-state index in [9.17, 15) is 9.18 Å². The van der Waals surface area contributed by atoms with Gasteiger partial charge in [0.05, 0.1) is 5.69 Å². The van der Waals surface area contributed by atoms with E-state index in [1.165, 1.54) is 6.07 Å². The molecule has 1 saturated heterocycles. The van der Waals surface area contributed by atoms with Crippen LogP contribution in [0.4, 0.5) is 10.1 Å². The molecule has 4 heteroatoms. The van der Waals surface area contributed by atoms with Gasteiger partial charge in [0.1, 0.15) is 11.9 Å². The highest BCUT2D eigenvalue weighted by Gasteiger charge is 2.38. The normalized spacial score (nSPS) is 23.4. The van der Waals surface area contributed by atoms with Gasteiger partial charge in [-0.3, -0.25) is 4.79 Å². The van der Waals surface area contributed by atoms with Crippen molar-refractivity contribution in [2.24, 2.45) is 0 Å². The number of carbonyl (C=O) groups is 1. The van der Waals surface area contributed by atoms with Crippen molar-refractivity contribution in [2.45, 2.75) is 12.5 Å². The zero-order valence-electron chi connectivity index (χ0n) is 8.16. The van der Waals surface area contributed by atoms with Crippen molar-refractivity contribution in [3.63, 3.8) is 0 Å². The molecule has 1 N–H and O–H groups in total. The number of hydrogen-bond acceptors (Lipinski definition) is 2. The summed E-state index contributed by atoms with van der Waals surface area (Å²) in [7, 11) is 0. The molecule has 3 rings (SSSR count). The first-order valence-electron chi connectivity index (χ1n) is 5.09. The smallest absolute Gasteiger partial charge is 0.243 e. The molecule has 0 aliphatic carbocycles. The molecule has 15 heavy (non-hydrogen) atoms. The molecule has 0 aromatic heterocycles. The number of nitrogens with zero attached hydrogens (tertiary/aromatic N) is 1. The predicted octanol–water partition coefficient (Wildman–Crippen LogP) is 0.687. The van der Waals surface area contributed by atoms with Gasteiger partial charge in [0, 0.05) is 19.5 Å². The highest BCUT2D eigenvalue weighted by atomic mass is 19.1. The van der Waals surface area contributed by atoms with Crippen LogP contribution >= 0.6 is 0 Å². The number of benzene rings is 1. The molecule has 0 bridgehead atoms. The van der Waals surface area contributed by atoms with Gasteiger partial charge in [0.25, 0.3) is 0 Å². The molecule has 1 aromatic carbocycles. The molecule has 2 heterocycles. The van der Waals surface area contributed by atoms with Crippen molar-refractivity contribution in [3.05, 3.63) is 29.6 Å². The van der Waals surface area contributed by atoms with Gasteiger partial charge in [-0.05, 0) is 11.6 Å². The molecule has 1 unspecified atom stereocenters. The summed E-state index contributed by atoms with van der Waals surface area (Å²) >= 11 is 0. The number of hydrogen-bond donors (Lipinski definition) is 1. The Morgan fingerprint density at radius 1 is 1.47 bits per heavy atom. The summed E-state index contributed by atoms with van der Waals surface area (Å²) in [6.07, 6.45) is 0.624. The number of amides is 1. The second-order valence-electron chi connectivity index (χ2n) is 3.95. The van der Waals surface area contributed by atoms with Gasteiger partial charge in [-0.25, -0.2) is 4.39 Å². The highest BCUT2D eigenvalue weighted by molar-refractivity contribution is 5.89. The number of rotatable bonds is 0. The van der Waals surface area contributed by atoms with Gasteiger partial charge >= 0.3 is 0 Å². The van der Waals surface area contributed by atoms with Crippen LogP contribution in [0.25, 0.3) is 0 Å². The molecule has 1 fully saturated rings. The lowest BCUT2D eigenvalue weighted by Crippen LogP contribution is -2.54. The van der Waals surface area contributed by atoms with Crippen LogP contribution in [0.3, 0.4) is 0 Å². The van der Waals surface area contributed by atoms with Crippen LogP contribution < -0.4 is 10.2 Å². The summed E-state index contributed by atoms with van der Waals surface area (Å²) in [5, 5.41) is 2.80. The van der Waals surface area contributed by atoms with E-state index in [1.807, 2.05) is 11.0 Å². The first-order valence-corrected chi connectivity index (χ1v) is 5.09. The van der Waals surface area contributed by atoms with Crippen LogP contribution in [0.15, 0.2) is 18.2 Å². The average molecular weight is 206 g/mol. The van der Waals surface area contributed by atoms with Crippen molar-refractivity contribution in [2.75, 3.05) is 18.0 Å². The number of para-hydroxylation sites is 1. The lowest BCUT2D eigenvalue weighted by atomic mass is 10.1. The van der Waals surface area contributed by atoms with E-state index in [-0.39, 0.29) is 17.8 Å². The maximum absolute atomic E-state index is 13.6. The minimum Gasteiger partial charge on any atom is -0.355 e.